The van der Waals surface area contributed by atoms with Gasteiger partial charge in [-0.1, -0.05) is 72.7 Å². The molecule has 0 heterocycles. The molecule has 3 saturated carbocycles. The number of alkyl carbamates (subject to hydrolysis) is 1. The number of amides is 1. The first kappa shape index (κ1) is 28.7. The molecule has 206 valence electrons. The molecule has 6 nitrogen and oxygen atoms in total. The van der Waals surface area contributed by atoms with Crippen LogP contribution >= 0.6 is 21.6 Å². The van der Waals surface area contributed by atoms with Crippen molar-refractivity contribution in [3.63, 3.8) is 0 Å². The van der Waals surface area contributed by atoms with E-state index in [1.165, 1.54) is 0 Å². The van der Waals surface area contributed by atoms with Crippen molar-refractivity contribution < 1.29 is 28.9 Å². The Hall–Kier alpha value is -1.29. The number of halogens is 1. The van der Waals surface area contributed by atoms with Gasteiger partial charge in [0.25, 0.3) is 0 Å². The van der Waals surface area contributed by atoms with E-state index in [1.807, 2.05) is 25.2 Å². The van der Waals surface area contributed by atoms with Gasteiger partial charge in [-0.2, -0.15) is 0 Å². The minimum Gasteiger partial charge on any atom is -0.441 e. The number of aliphatic hydroxyl groups excluding tert-OH is 1. The Morgan fingerprint density at radius 3 is 2.73 bits per heavy atom. The highest BCUT2D eigenvalue weighted by atomic mass is 33.1. The maximum absolute atomic E-state index is 17.3. The van der Waals surface area contributed by atoms with Crippen LogP contribution in [0.3, 0.4) is 0 Å². The number of ketones is 1. The number of carbonyl (C=O) groups is 2. The summed E-state index contributed by atoms with van der Waals surface area (Å²) in [4.78, 5) is 25.6. The maximum atomic E-state index is 17.3. The molecule has 3 N–H and O–H groups in total. The molecule has 0 aromatic rings. The summed E-state index contributed by atoms with van der Waals surface area (Å²) in [5, 5.41) is 26.0. The molecule has 0 unspecified atom stereocenters. The summed E-state index contributed by atoms with van der Waals surface area (Å²) in [6.07, 6.45) is 5.13. The molecule has 3 fully saturated rings. The summed E-state index contributed by atoms with van der Waals surface area (Å²) < 4.78 is 22.5. The molecule has 4 aliphatic carbocycles. The third-order valence-corrected chi connectivity index (χ3v) is 12.2. The van der Waals surface area contributed by atoms with Crippen molar-refractivity contribution in [1.29, 1.82) is 0 Å². The molecule has 4 aliphatic rings. The average molecular weight is 554 g/mol. The summed E-state index contributed by atoms with van der Waals surface area (Å²) in [6, 6.07) is 0. The van der Waals surface area contributed by atoms with Crippen LogP contribution in [-0.4, -0.2) is 64.1 Å². The summed E-state index contributed by atoms with van der Waals surface area (Å²) in [7, 11) is 3.34. The zero-order chi connectivity index (χ0) is 27.2. The summed E-state index contributed by atoms with van der Waals surface area (Å²) >= 11 is 0. The van der Waals surface area contributed by atoms with E-state index in [-0.39, 0.29) is 12.3 Å². The van der Waals surface area contributed by atoms with Crippen LogP contribution in [0.15, 0.2) is 36.0 Å². The summed E-state index contributed by atoms with van der Waals surface area (Å²) in [6.45, 7) is 11.3. The molecule has 9 heteroatoms. The number of Topliss-reactive ketones (excluding diaryl/α,β-unsaturated/α-hetero) is 1. The first-order valence-electron chi connectivity index (χ1n) is 13.2. The number of alkyl halides is 1. The van der Waals surface area contributed by atoms with Crippen molar-refractivity contribution in [2.24, 2.45) is 28.6 Å². The quantitative estimate of drug-likeness (QED) is 0.287. The second-order valence-corrected chi connectivity index (χ2v) is 14.4. The lowest BCUT2D eigenvalue weighted by Crippen LogP contribution is -2.69. The molecule has 0 saturated heterocycles. The van der Waals surface area contributed by atoms with E-state index in [1.54, 1.807) is 35.4 Å². The van der Waals surface area contributed by atoms with Crippen LogP contribution in [0.4, 0.5) is 9.18 Å². The first-order valence-corrected chi connectivity index (χ1v) is 15.7. The summed E-state index contributed by atoms with van der Waals surface area (Å²) in [5.74, 6) is -0.194. The van der Waals surface area contributed by atoms with Crippen molar-refractivity contribution in [2.75, 3.05) is 24.7 Å². The van der Waals surface area contributed by atoms with Gasteiger partial charge in [-0.05, 0) is 50.0 Å². The van der Waals surface area contributed by atoms with E-state index in [4.69, 9.17) is 4.74 Å². The van der Waals surface area contributed by atoms with Gasteiger partial charge in [0.2, 0.25) is 5.78 Å². The topological polar surface area (TPSA) is 95.9 Å². The molecular weight excluding hydrogens is 513 g/mol. The first-order chi connectivity index (χ1) is 17.4. The van der Waals surface area contributed by atoms with E-state index < -0.39 is 58.5 Å². The average Bonchev–Trinajstić information content (AvgIpc) is 3.05. The van der Waals surface area contributed by atoms with E-state index in [9.17, 15) is 19.8 Å². The van der Waals surface area contributed by atoms with Crippen molar-refractivity contribution in [1.82, 2.24) is 5.32 Å². The summed E-state index contributed by atoms with van der Waals surface area (Å²) in [5.41, 5.74) is -4.01. The Balaban J connectivity index is 1.52. The number of hydrogen-bond acceptors (Lipinski definition) is 7. The van der Waals surface area contributed by atoms with E-state index >= 15 is 4.39 Å². The maximum Gasteiger partial charge on any atom is 0.407 e. The fraction of sp³-hybridized carbons (Fsp3) is 0.714. The zero-order valence-electron chi connectivity index (χ0n) is 22.2. The van der Waals surface area contributed by atoms with Gasteiger partial charge in [0, 0.05) is 34.8 Å². The molecule has 0 aromatic carbocycles. The molecule has 37 heavy (non-hydrogen) atoms. The number of rotatable bonds is 8. The van der Waals surface area contributed by atoms with Gasteiger partial charge in [-0.15, -0.1) is 0 Å². The predicted molar refractivity (Wildman–Crippen MR) is 147 cm³/mol. The number of nitrogens with one attached hydrogen (secondary N) is 1. The number of allylic oxidation sites excluding steroid dienone is 5. The number of ether oxygens (including phenoxy) is 1. The Morgan fingerprint density at radius 2 is 2.03 bits per heavy atom. The molecule has 0 radical (unpaired) electrons. The van der Waals surface area contributed by atoms with Gasteiger partial charge in [-0.3, -0.25) is 4.79 Å². The molecule has 0 aliphatic heterocycles. The van der Waals surface area contributed by atoms with Crippen molar-refractivity contribution >= 4 is 33.5 Å². The van der Waals surface area contributed by atoms with Crippen LogP contribution in [0.2, 0.25) is 0 Å². The fourth-order valence-corrected chi connectivity index (χ4v) is 9.42. The van der Waals surface area contributed by atoms with Crippen LogP contribution in [0, 0.1) is 28.6 Å². The van der Waals surface area contributed by atoms with Gasteiger partial charge >= 0.3 is 6.09 Å². The van der Waals surface area contributed by atoms with Gasteiger partial charge < -0.3 is 20.3 Å². The molecule has 4 rings (SSSR count). The Kier molecular flexibility index (Phi) is 8.04. The largest absolute Gasteiger partial charge is 0.441 e. The lowest BCUT2D eigenvalue weighted by atomic mass is 9.44. The predicted octanol–water partition coefficient (Wildman–Crippen LogP) is 5.02. The second kappa shape index (κ2) is 10.4. The molecule has 1 amide bonds. The minimum absolute atomic E-state index is 0.0482. The third-order valence-electron chi connectivity index (χ3n) is 9.73. The lowest BCUT2D eigenvalue weighted by molar-refractivity contribution is -0.219. The van der Waals surface area contributed by atoms with Crippen LogP contribution < -0.4 is 5.32 Å². The normalized spacial score (nSPS) is 42.4. The molecule has 0 bridgehead atoms. The smallest absolute Gasteiger partial charge is 0.407 e. The number of aliphatic hydroxyl groups is 2. The molecular formula is C28H40FNO5S2. The molecule has 0 aromatic heterocycles. The fourth-order valence-electron chi connectivity index (χ4n) is 7.85. The van der Waals surface area contributed by atoms with Gasteiger partial charge in [0.15, 0.2) is 12.3 Å². The van der Waals surface area contributed by atoms with Gasteiger partial charge in [-0.25, -0.2) is 9.18 Å². The zero-order valence-corrected chi connectivity index (χ0v) is 23.9. The molecule has 0 spiro atoms. The van der Waals surface area contributed by atoms with Crippen LogP contribution in [0.5, 0.6) is 0 Å². The van der Waals surface area contributed by atoms with Crippen LogP contribution in [0.1, 0.15) is 53.4 Å². The number of carbonyl (C=O) groups excluding carboxylic acids is 2. The van der Waals surface area contributed by atoms with Crippen molar-refractivity contribution in [3.05, 3.63) is 36.0 Å². The van der Waals surface area contributed by atoms with Crippen LogP contribution in [-0.2, 0) is 9.53 Å². The SMILES string of the molecule is C=C1C=C[C@]2(C)C(=C1)CC[C@@H]1[C@H]3C[C@H](C)[C@@](O)(C(=O)COC(=O)NCCSSCC)[C@]3(C)C[C@@H](O)[C@]12F. The van der Waals surface area contributed by atoms with E-state index in [0.717, 1.165) is 16.9 Å². The highest BCUT2D eigenvalue weighted by Gasteiger charge is 2.75. The third kappa shape index (κ3) is 4.32. The Morgan fingerprint density at radius 1 is 1.30 bits per heavy atom. The van der Waals surface area contributed by atoms with Gasteiger partial charge in [0.1, 0.15) is 5.60 Å². The monoisotopic (exact) mass is 553 g/mol. The van der Waals surface area contributed by atoms with Crippen molar-refractivity contribution in [3.8, 4) is 0 Å². The number of hydrogen-bond donors (Lipinski definition) is 3. The van der Waals surface area contributed by atoms with Gasteiger partial charge in [0.05, 0.1) is 6.10 Å². The van der Waals surface area contributed by atoms with Crippen molar-refractivity contribution in [2.45, 2.75) is 70.8 Å². The van der Waals surface area contributed by atoms with Crippen LogP contribution in [0.25, 0.3) is 0 Å². The lowest BCUT2D eigenvalue weighted by Gasteiger charge is -2.62. The minimum atomic E-state index is -1.92. The van der Waals surface area contributed by atoms with E-state index in [0.29, 0.717) is 31.6 Å². The number of fused-ring (bicyclic) bond motifs is 5. The Bertz CT molecular complexity index is 1020. The van der Waals surface area contributed by atoms with E-state index in [2.05, 4.69) is 18.8 Å². The standard InChI is InChI=1S/C28H40FNO5S2/c1-6-36-37-12-11-30-24(33)35-16-23(32)28(34)18(3)14-21-20-8-7-19-13-17(2)9-10-25(19,4)27(20,29)22(31)15-26(21,28)5/h9-10,13,18,20-22,31,34H,2,6-8,11-12,14-16H2,1,3-5H3,(H,30,33)/t18-,20+,21+,22+,25+,26+,27+,28+/m0/s1. The second-order valence-electron chi connectivity index (χ2n) is 11.5. The highest BCUT2D eigenvalue weighted by Crippen LogP contribution is 2.70. The Labute approximate surface area is 227 Å². The highest BCUT2D eigenvalue weighted by molar-refractivity contribution is 8.76. The molecule has 8 atom stereocenters.